The number of aromatic nitrogens is 2. The highest BCUT2D eigenvalue weighted by molar-refractivity contribution is 5.81. The highest BCUT2D eigenvalue weighted by atomic mass is 16.4. The Morgan fingerprint density at radius 3 is 2.92 bits per heavy atom. The van der Waals surface area contributed by atoms with Crippen molar-refractivity contribution < 1.29 is 14.7 Å². The van der Waals surface area contributed by atoms with E-state index < -0.39 is 5.97 Å². The minimum atomic E-state index is -0.948. The van der Waals surface area contributed by atoms with Gasteiger partial charge in [-0.1, -0.05) is 0 Å². The lowest BCUT2D eigenvalue weighted by atomic mass is 9.86. The van der Waals surface area contributed by atoms with Gasteiger partial charge in [0.25, 0.3) is 0 Å². The fraction of sp³-hybridized carbons (Fsp3) is 0.688. The van der Waals surface area contributed by atoms with Crippen LogP contribution in [0.4, 0.5) is 0 Å². The molecule has 1 spiro atoms. The number of likely N-dealkylation sites (N-methyl/N-ethyl adjacent to an activating group) is 1. The van der Waals surface area contributed by atoms with Crippen LogP contribution in [-0.2, 0) is 16.1 Å². The Balaban J connectivity index is 1.69. The van der Waals surface area contributed by atoms with Crippen LogP contribution in [0.5, 0.6) is 0 Å². The molecule has 0 aromatic carbocycles. The zero-order chi connectivity index (χ0) is 17.2. The Bertz CT molecular complexity index is 591. The van der Waals surface area contributed by atoms with Crippen LogP contribution in [0.2, 0.25) is 0 Å². The normalized spacial score (nSPS) is 26.7. The second-order valence-corrected chi connectivity index (χ2v) is 6.85. The van der Waals surface area contributed by atoms with E-state index in [0.717, 1.165) is 44.8 Å². The summed E-state index contributed by atoms with van der Waals surface area (Å²) >= 11 is 0. The van der Waals surface area contributed by atoms with Crippen molar-refractivity contribution in [3.8, 4) is 0 Å². The molecular formula is C16H25N5O3. The van der Waals surface area contributed by atoms with E-state index in [-0.39, 0.29) is 18.0 Å². The number of carboxylic acid groups (broad SMARTS) is 1. The lowest BCUT2D eigenvalue weighted by Crippen LogP contribution is -2.60. The molecule has 2 N–H and O–H groups in total. The van der Waals surface area contributed by atoms with E-state index in [1.54, 1.807) is 6.20 Å². The molecule has 0 saturated carbocycles. The van der Waals surface area contributed by atoms with Gasteiger partial charge < -0.3 is 15.0 Å². The summed E-state index contributed by atoms with van der Waals surface area (Å²) in [6.45, 7) is 3.85. The predicted octanol–water partition coefficient (Wildman–Crippen LogP) is -0.00700. The molecule has 8 heteroatoms. The minimum absolute atomic E-state index is 0.0502. The van der Waals surface area contributed by atoms with Gasteiger partial charge in [0.05, 0.1) is 6.54 Å². The number of H-pyrrole nitrogens is 1. The molecule has 0 bridgehead atoms. The number of carbonyl (C=O) groups is 2. The number of amides is 1. The molecule has 2 saturated heterocycles. The highest BCUT2D eigenvalue weighted by Crippen LogP contribution is 2.32. The number of carboxylic acids is 1. The molecule has 1 aromatic heterocycles. The zero-order valence-corrected chi connectivity index (χ0v) is 14.1. The van der Waals surface area contributed by atoms with E-state index in [1.807, 2.05) is 6.20 Å². The van der Waals surface area contributed by atoms with Crippen molar-refractivity contribution in [3.05, 3.63) is 18.2 Å². The molecule has 1 aromatic rings. The van der Waals surface area contributed by atoms with Gasteiger partial charge in [-0.15, -0.1) is 0 Å². The lowest BCUT2D eigenvalue weighted by molar-refractivity contribution is -0.144. The van der Waals surface area contributed by atoms with Crippen molar-refractivity contribution in [3.63, 3.8) is 0 Å². The number of aliphatic carboxylic acids is 1. The number of nitrogens with one attached hydrogen (secondary N) is 1. The average molecular weight is 335 g/mol. The first-order chi connectivity index (χ1) is 11.5. The van der Waals surface area contributed by atoms with E-state index in [0.29, 0.717) is 13.0 Å². The van der Waals surface area contributed by atoms with Gasteiger partial charge in [-0.2, -0.15) is 0 Å². The predicted molar refractivity (Wildman–Crippen MR) is 87.3 cm³/mol. The summed E-state index contributed by atoms with van der Waals surface area (Å²) < 4.78 is 0. The SMILES string of the molecule is CN1CCN(Cc2ncc[nH]2)CC12CCC(=O)N(CC(=O)O)CC2. The summed E-state index contributed by atoms with van der Waals surface area (Å²) in [5.41, 5.74) is -0.0756. The van der Waals surface area contributed by atoms with Crippen LogP contribution < -0.4 is 0 Å². The van der Waals surface area contributed by atoms with Crippen LogP contribution in [0.1, 0.15) is 25.1 Å². The summed E-state index contributed by atoms with van der Waals surface area (Å²) in [7, 11) is 2.11. The van der Waals surface area contributed by atoms with Gasteiger partial charge in [0, 0.05) is 50.5 Å². The maximum Gasteiger partial charge on any atom is 0.323 e. The van der Waals surface area contributed by atoms with E-state index in [4.69, 9.17) is 5.11 Å². The molecule has 1 unspecified atom stereocenters. The molecule has 0 aliphatic carbocycles. The number of hydrogen-bond donors (Lipinski definition) is 2. The fourth-order valence-corrected chi connectivity index (χ4v) is 3.84. The van der Waals surface area contributed by atoms with Crippen LogP contribution in [0, 0.1) is 0 Å². The summed E-state index contributed by atoms with van der Waals surface area (Å²) in [6.07, 6.45) is 5.57. The third-order valence-electron chi connectivity index (χ3n) is 5.34. The van der Waals surface area contributed by atoms with Gasteiger partial charge in [-0.25, -0.2) is 4.98 Å². The number of likely N-dealkylation sites (tertiary alicyclic amines) is 1. The van der Waals surface area contributed by atoms with Crippen molar-refractivity contribution >= 4 is 11.9 Å². The second-order valence-electron chi connectivity index (χ2n) is 6.85. The zero-order valence-electron chi connectivity index (χ0n) is 14.1. The Morgan fingerprint density at radius 1 is 1.38 bits per heavy atom. The van der Waals surface area contributed by atoms with Gasteiger partial charge in [-0.3, -0.25) is 19.4 Å². The minimum Gasteiger partial charge on any atom is -0.480 e. The van der Waals surface area contributed by atoms with Crippen molar-refractivity contribution in [2.24, 2.45) is 0 Å². The van der Waals surface area contributed by atoms with Gasteiger partial charge in [0.2, 0.25) is 5.91 Å². The average Bonchev–Trinajstić information content (AvgIpc) is 3.00. The molecule has 1 atom stereocenters. The van der Waals surface area contributed by atoms with Crippen LogP contribution >= 0.6 is 0 Å². The molecule has 2 fully saturated rings. The van der Waals surface area contributed by atoms with Gasteiger partial charge >= 0.3 is 5.97 Å². The standard InChI is InChI=1S/C16H25N5O3/c1-19-8-9-20(10-13-17-5-6-18-13)12-16(19)3-2-14(22)21(7-4-16)11-15(23)24/h5-6H,2-4,7-12H2,1H3,(H,17,18)(H,23,24). The molecule has 0 radical (unpaired) electrons. The maximum absolute atomic E-state index is 12.2. The van der Waals surface area contributed by atoms with Crippen molar-refractivity contribution in [2.45, 2.75) is 31.3 Å². The first-order valence-corrected chi connectivity index (χ1v) is 8.40. The number of piperazine rings is 1. The number of rotatable bonds is 4. The molecule has 132 valence electrons. The van der Waals surface area contributed by atoms with E-state index in [9.17, 15) is 9.59 Å². The van der Waals surface area contributed by atoms with Gasteiger partial charge in [-0.05, 0) is 19.9 Å². The Hall–Kier alpha value is -1.93. The Kier molecular flexibility index (Phi) is 4.86. The number of hydrogen-bond acceptors (Lipinski definition) is 5. The summed E-state index contributed by atoms with van der Waals surface area (Å²) in [5.74, 6) is -0.0477. The fourth-order valence-electron chi connectivity index (χ4n) is 3.84. The molecule has 2 aliphatic heterocycles. The second kappa shape index (κ2) is 6.90. The Morgan fingerprint density at radius 2 is 2.21 bits per heavy atom. The summed E-state index contributed by atoms with van der Waals surface area (Å²) in [5, 5.41) is 8.99. The van der Waals surface area contributed by atoms with E-state index in [2.05, 4.69) is 26.8 Å². The molecular weight excluding hydrogens is 310 g/mol. The van der Waals surface area contributed by atoms with Crippen molar-refractivity contribution in [2.75, 3.05) is 39.8 Å². The Labute approximate surface area is 141 Å². The number of carbonyl (C=O) groups excluding carboxylic acids is 1. The third kappa shape index (κ3) is 3.59. The molecule has 2 aliphatic rings. The molecule has 24 heavy (non-hydrogen) atoms. The van der Waals surface area contributed by atoms with Crippen molar-refractivity contribution in [1.82, 2.24) is 24.7 Å². The van der Waals surface area contributed by atoms with Gasteiger partial charge in [0.15, 0.2) is 0 Å². The molecule has 3 heterocycles. The van der Waals surface area contributed by atoms with E-state index in [1.165, 1.54) is 4.90 Å². The molecule has 3 rings (SSSR count). The quantitative estimate of drug-likeness (QED) is 0.804. The van der Waals surface area contributed by atoms with Gasteiger partial charge in [0.1, 0.15) is 12.4 Å². The first-order valence-electron chi connectivity index (χ1n) is 8.40. The highest BCUT2D eigenvalue weighted by Gasteiger charge is 2.42. The summed E-state index contributed by atoms with van der Waals surface area (Å²) in [4.78, 5) is 36.8. The largest absolute Gasteiger partial charge is 0.480 e. The number of aromatic amines is 1. The number of nitrogens with zero attached hydrogens (tertiary/aromatic N) is 4. The van der Waals surface area contributed by atoms with E-state index >= 15 is 0 Å². The van der Waals surface area contributed by atoms with Crippen LogP contribution in [-0.4, -0.2) is 87.0 Å². The van der Waals surface area contributed by atoms with Crippen molar-refractivity contribution in [1.29, 1.82) is 0 Å². The maximum atomic E-state index is 12.2. The van der Waals surface area contributed by atoms with Crippen LogP contribution in [0.3, 0.4) is 0 Å². The summed E-state index contributed by atoms with van der Waals surface area (Å²) in [6, 6.07) is 0. The smallest absolute Gasteiger partial charge is 0.323 e. The third-order valence-corrected chi connectivity index (χ3v) is 5.34. The molecule has 8 nitrogen and oxygen atoms in total. The first kappa shape index (κ1) is 16.9. The van der Waals surface area contributed by atoms with Crippen LogP contribution in [0.15, 0.2) is 12.4 Å². The van der Waals surface area contributed by atoms with Crippen LogP contribution in [0.25, 0.3) is 0 Å². The number of imidazole rings is 1. The lowest BCUT2D eigenvalue weighted by Gasteiger charge is -2.49. The topological polar surface area (TPSA) is 92.8 Å². The monoisotopic (exact) mass is 335 g/mol. The molecule has 1 amide bonds.